The average molecular weight is 676 g/mol. The minimum absolute atomic E-state index is 0.0189. The highest BCUT2D eigenvalue weighted by atomic mass is 16.3. The molecule has 256 valence electrons. The van der Waals surface area contributed by atoms with Crippen LogP contribution in [0, 0.1) is 5.41 Å². The number of anilines is 1. The lowest BCUT2D eigenvalue weighted by Crippen LogP contribution is -2.28. The Labute approximate surface area is 307 Å². The SMILES string of the molecule is CC1(C2=CCCC=C2)C=CC(N(C2=CC=C3C(C2)c2ccccc2C3(C)C)c2ccc(-c3ccc4c(c3)-c3c(oc5ccccc35)CC4)cc2)=CC1. The second kappa shape index (κ2) is 11.9. The van der Waals surface area contributed by atoms with Crippen molar-refractivity contribution in [1.29, 1.82) is 0 Å². The molecule has 0 amide bonds. The topological polar surface area (TPSA) is 16.4 Å². The van der Waals surface area contributed by atoms with Crippen LogP contribution in [-0.2, 0) is 18.3 Å². The minimum Gasteiger partial charge on any atom is -0.460 e. The van der Waals surface area contributed by atoms with Gasteiger partial charge in [-0.05, 0) is 107 Å². The van der Waals surface area contributed by atoms with Gasteiger partial charge < -0.3 is 9.32 Å². The van der Waals surface area contributed by atoms with E-state index in [0.717, 1.165) is 49.9 Å². The first-order valence-corrected chi connectivity index (χ1v) is 19.2. The van der Waals surface area contributed by atoms with Crippen molar-refractivity contribution in [2.24, 2.45) is 5.41 Å². The molecule has 0 N–H and O–H groups in total. The van der Waals surface area contributed by atoms with E-state index in [-0.39, 0.29) is 10.8 Å². The van der Waals surface area contributed by atoms with Crippen LogP contribution >= 0.6 is 0 Å². The highest BCUT2D eigenvalue weighted by Crippen LogP contribution is 2.55. The van der Waals surface area contributed by atoms with Crippen molar-refractivity contribution in [2.75, 3.05) is 4.90 Å². The number of hydrogen-bond donors (Lipinski definition) is 0. The molecule has 0 radical (unpaired) electrons. The fraction of sp³-hybridized carbons (Fsp3) is 0.240. The Kier molecular flexibility index (Phi) is 7.16. The summed E-state index contributed by atoms with van der Waals surface area (Å²) in [7, 11) is 0. The Balaban J connectivity index is 1.02. The van der Waals surface area contributed by atoms with Gasteiger partial charge in [-0.2, -0.15) is 0 Å². The Bertz CT molecular complexity index is 2460. The monoisotopic (exact) mass is 675 g/mol. The third-order valence-corrected chi connectivity index (χ3v) is 12.7. The van der Waals surface area contributed by atoms with Crippen molar-refractivity contribution < 1.29 is 4.42 Å². The number of rotatable bonds is 5. The molecule has 10 rings (SSSR count). The zero-order valence-corrected chi connectivity index (χ0v) is 30.5. The molecule has 0 spiro atoms. The molecule has 0 saturated heterocycles. The summed E-state index contributed by atoms with van der Waals surface area (Å²) in [6.45, 7) is 7.17. The molecule has 2 heteroatoms. The van der Waals surface area contributed by atoms with Crippen LogP contribution < -0.4 is 4.90 Å². The molecular weight excluding hydrogens is 631 g/mol. The van der Waals surface area contributed by atoms with Crippen LogP contribution in [0.25, 0.3) is 33.2 Å². The molecule has 1 heterocycles. The molecule has 0 fully saturated rings. The van der Waals surface area contributed by atoms with Crippen LogP contribution in [0.15, 0.2) is 167 Å². The smallest absolute Gasteiger partial charge is 0.134 e. The summed E-state index contributed by atoms with van der Waals surface area (Å²) in [6, 6.07) is 33.9. The normalized spacial score (nSPS) is 22.4. The summed E-state index contributed by atoms with van der Waals surface area (Å²) in [4.78, 5) is 2.53. The highest BCUT2D eigenvalue weighted by Gasteiger charge is 2.43. The van der Waals surface area contributed by atoms with Gasteiger partial charge in [0, 0.05) is 51.2 Å². The standard InChI is InChI=1S/C50H45NO/c1-49(2)44-15-9-7-13-40(44)43-32-39(24-25-45(43)49)51(38-27-29-50(3,30-28-38)36-11-5-4-6-12-36)37-22-19-33(20-23-37)35-18-17-34-21-26-47-48(42(34)31-35)41-14-8-10-16-46(41)52-47/h5,7-20,22-25,27-29,31,43H,4,6,21,26,30,32H2,1-3H3. The van der Waals surface area contributed by atoms with Gasteiger partial charge in [0.1, 0.15) is 11.3 Å². The van der Waals surface area contributed by atoms with E-state index in [1.165, 1.54) is 72.6 Å². The third kappa shape index (κ3) is 4.91. The molecule has 5 aromatic rings. The second-order valence-electron chi connectivity index (χ2n) is 16.1. The molecule has 0 bridgehead atoms. The number of fused-ring (bicyclic) bond motifs is 8. The Morgan fingerprint density at radius 3 is 2.42 bits per heavy atom. The molecule has 4 aromatic carbocycles. The fourth-order valence-electron chi connectivity index (χ4n) is 9.75. The quantitative estimate of drug-likeness (QED) is 0.184. The first kappa shape index (κ1) is 31.4. The Morgan fingerprint density at radius 2 is 1.60 bits per heavy atom. The molecule has 52 heavy (non-hydrogen) atoms. The van der Waals surface area contributed by atoms with E-state index < -0.39 is 0 Å². The van der Waals surface area contributed by atoms with Crippen molar-refractivity contribution in [3.05, 3.63) is 185 Å². The van der Waals surface area contributed by atoms with E-state index >= 15 is 0 Å². The lowest BCUT2D eigenvalue weighted by molar-refractivity contribution is 0.521. The van der Waals surface area contributed by atoms with Gasteiger partial charge in [0.2, 0.25) is 0 Å². The van der Waals surface area contributed by atoms with E-state index in [1.54, 1.807) is 0 Å². The van der Waals surface area contributed by atoms with Crippen molar-refractivity contribution in [3.63, 3.8) is 0 Å². The van der Waals surface area contributed by atoms with Gasteiger partial charge in [-0.1, -0.05) is 130 Å². The van der Waals surface area contributed by atoms with Crippen molar-refractivity contribution >= 4 is 16.7 Å². The summed E-state index contributed by atoms with van der Waals surface area (Å²) in [5.74, 6) is 1.51. The third-order valence-electron chi connectivity index (χ3n) is 12.7. The van der Waals surface area contributed by atoms with Crippen molar-refractivity contribution in [2.45, 2.75) is 70.6 Å². The highest BCUT2D eigenvalue weighted by molar-refractivity contribution is 5.98. The van der Waals surface area contributed by atoms with Crippen molar-refractivity contribution in [3.8, 4) is 22.3 Å². The summed E-state index contributed by atoms with van der Waals surface area (Å²) >= 11 is 0. The number of allylic oxidation sites excluding steroid dienone is 11. The first-order valence-electron chi connectivity index (χ1n) is 19.2. The molecule has 2 atom stereocenters. The second-order valence-corrected chi connectivity index (χ2v) is 16.1. The molecule has 2 nitrogen and oxygen atoms in total. The number of para-hydroxylation sites is 1. The van der Waals surface area contributed by atoms with Gasteiger partial charge in [0.25, 0.3) is 0 Å². The molecule has 1 aromatic heterocycles. The maximum atomic E-state index is 6.32. The van der Waals surface area contributed by atoms with Crippen LogP contribution in [0.2, 0.25) is 0 Å². The number of furan rings is 1. The number of benzene rings is 4. The lowest BCUT2D eigenvalue weighted by atomic mass is 9.74. The largest absolute Gasteiger partial charge is 0.460 e. The maximum Gasteiger partial charge on any atom is 0.134 e. The average Bonchev–Trinajstić information content (AvgIpc) is 3.68. The van der Waals surface area contributed by atoms with E-state index in [4.69, 9.17) is 4.42 Å². The predicted molar refractivity (Wildman–Crippen MR) is 216 cm³/mol. The summed E-state index contributed by atoms with van der Waals surface area (Å²) < 4.78 is 6.32. The molecule has 5 aliphatic carbocycles. The van der Waals surface area contributed by atoms with Gasteiger partial charge in [0.15, 0.2) is 0 Å². The zero-order valence-electron chi connectivity index (χ0n) is 30.5. The molecule has 5 aliphatic rings. The lowest BCUT2D eigenvalue weighted by Gasteiger charge is -2.37. The van der Waals surface area contributed by atoms with Gasteiger partial charge >= 0.3 is 0 Å². The summed E-state index contributed by atoms with van der Waals surface area (Å²) in [6.07, 6.45) is 25.5. The summed E-state index contributed by atoms with van der Waals surface area (Å²) in [5.41, 5.74) is 17.2. The number of nitrogens with zero attached hydrogens (tertiary/aromatic N) is 1. The number of hydrogen-bond acceptors (Lipinski definition) is 2. The van der Waals surface area contributed by atoms with E-state index in [9.17, 15) is 0 Å². The van der Waals surface area contributed by atoms with E-state index in [2.05, 4.69) is 165 Å². The first-order chi connectivity index (χ1) is 25.4. The summed E-state index contributed by atoms with van der Waals surface area (Å²) in [5, 5.41) is 1.22. The minimum atomic E-state index is 0.0189. The number of aryl methyl sites for hydroxylation is 2. The Morgan fingerprint density at radius 1 is 0.769 bits per heavy atom. The van der Waals surface area contributed by atoms with Crippen molar-refractivity contribution in [1.82, 2.24) is 0 Å². The molecule has 2 unspecified atom stereocenters. The maximum absolute atomic E-state index is 6.32. The van der Waals surface area contributed by atoms with Crippen LogP contribution in [0.3, 0.4) is 0 Å². The van der Waals surface area contributed by atoms with Crippen LogP contribution in [0.1, 0.15) is 74.8 Å². The van der Waals surface area contributed by atoms with Gasteiger partial charge in [-0.15, -0.1) is 0 Å². The molecular formula is C50H45NO. The van der Waals surface area contributed by atoms with Crippen LogP contribution in [0.4, 0.5) is 5.69 Å². The van der Waals surface area contributed by atoms with Gasteiger partial charge in [-0.3, -0.25) is 0 Å². The Hall–Kier alpha value is -5.34. The molecule has 0 aliphatic heterocycles. The van der Waals surface area contributed by atoms with Crippen LogP contribution in [0.5, 0.6) is 0 Å². The van der Waals surface area contributed by atoms with E-state index in [1.807, 2.05) is 0 Å². The molecule has 0 saturated carbocycles. The predicted octanol–water partition coefficient (Wildman–Crippen LogP) is 13.1. The zero-order chi connectivity index (χ0) is 35.0. The van der Waals surface area contributed by atoms with Gasteiger partial charge in [-0.25, -0.2) is 0 Å². The fourth-order valence-corrected chi connectivity index (χ4v) is 9.75. The van der Waals surface area contributed by atoms with Crippen LogP contribution in [-0.4, -0.2) is 0 Å². The van der Waals surface area contributed by atoms with Gasteiger partial charge in [0.05, 0.1) is 0 Å². The van der Waals surface area contributed by atoms with E-state index in [0.29, 0.717) is 5.92 Å².